The maximum atomic E-state index is 14.6. The first kappa shape index (κ1) is 28.9. The molecule has 0 atom stereocenters. The van der Waals surface area contributed by atoms with Crippen molar-refractivity contribution in [1.82, 2.24) is 15.3 Å². The van der Waals surface area contributed by atoms with Crippen LogP contribution in [0.3, 0.4) is 0 Å². The van der Waals surface area contributed by atoms with Gasteiger partial charge in [-0.15, -0.1) is 0 Å². The highest BCUT2D eigenvalue weighted by molar-refractivity contribution is 7.70. The van der Waals surface area contributed by atoms with E-state index in [1.165, 1.54) is 0 Å². The lowest BCUT2D eigenvalue weighted by Crippen LogP contribution is -2.67. The van der Waals surface area contributed by atoms with Crippen molar-refractivity contribution in [2.45, 2.75) is 52.2 Å². The van der Waals surface area contributed by atoms with Crippen LogP contribution in [0.25, 0.3) is 0 Å². The number of nitrogens with one attached hydrogen (secondary N) is 3. The Kier molecular flexibility index (Phi) is 7.49. The Morgan fingerprint density at radius 1 is 1.12 bits per heavy atom. The molecule has 218 valence electrons. The van der Waals surface area contributed by atoms with Crippen LogP contribution in [0.4, 0.5) is 38.0 Å². The summed E-state index contributed by atoms with van der Waals surface area (Å²) in [4.78, 5) is 22.8. The van der Waals surface area contributed by atoms with E-state index in [0.717, 1.165) is 49.1 Å². The second kappa shape index (κ2) is 10.6. The molecule has 0 radical (unpaired) electrons. The molecule has 1 amide bonds. The fraction of sp³-hybridized carbons (Fsp3) is 0.433. The summed E-state index contributed by atoms with van der Waals surface area (Å²) in [6.07, 6.45) is 2.68. The second-order valence-electron chi connectivity index (χ2n) is 12.6. The summed E-state index contributed by atoms with van der Waals surface area (Å²) < 4.78 is 32.7. The van der Waals surface area contributed by atoms with Crippen LogP contribution in [0.15, 0.2) is 48.7 Å². The van der Waals surface area contributed by atoms with Crippen molar-refractivity contribution in [3.05, 3.63) is 60.0 Å². The molecule has 1 spiro atoms. The van der Waals surface area contributed by atoms with E-state index in [2.05, 4.69) is 43.8 Å². The van der Waals surface area contributed by atoms with Gasteiger partial charge in [-0.2, -0.15) is 4.98 Å². The van der Waals surface area contributed by atoms with E-state index in [-0.39, 0.29) is 29.3 Å². The second-order valence-corrected chi connectivity index (χ2v) is 15.8. The quantitative estimate of drug-likeness (QED) is 0.286. The molecule has 2 aromatic carbocycles. The number of rotatable bonds is 7. The van der Waals surface area contributed by atoms with Crippen molar-refractivity contribution in [3.8, 4) is 0 Å². The number of para-hydroxylation sites is 1. The molecule has 1 saturated heterocycles. The molecule has 2 aliphatic rings. The number of aryl methyl sites for hydroxylation is 1. The third-order valence-corrected chi connectivity index (χ3v) is 8.96. The van der Waals surface area contributed by atoms with Crippen LogP contribution in [0.1, 0.15) is 39.2 Å². The molecule has 2 fully saturated rings. The van der Waals surface area contributed by atoms with Gasteiger partial charge in [-0.05, 0) is 89.8 Å². The topological polar surface area (TPSA) is 108 Å². The number of aromatic nitrogens is 2. The smallest absolute Gasteiger partial charge is 0.407 e. The van der Waals surface area contributed by atoms with E-state index in [1.807, 2.05) is 39.0 Å². The van der Waals surface area contributed by atoms with Crippen molar-refractivity contribution >= 4 is 47.4 Å². The first-order chi connectivity index (χ1) is 19.2. The molecule has 1 aromatic heterocycles. The molecule has 0 bridgehead atoms. The molecule has 5 rings (SSSR count). The number of carbonyl (C=O) groups excluding carboxylic acids is 1. The van der Waals surface area contributed by atoms with Gasteiger partial charge in [0.05, 0.1) is 11.9 Å². The lowest BCUT2D eigenvalue weighted by molar-refractivity contribution is 0.0215. The van der Waals surface area contributed by atoms with Crippen molar-refractivity contribution in [1.29, 1.82) is 0 Å². The highest BCUT2D eigenvalue weighted by Crippen LogP contribution is 2.50. The van der Waals surface area contributed by atoms with Crippen molar-refractivity contribution < 1.29 is 18.5 Å². The van der Waals surface area contributed by atoms with Crippen LogP contribution in [-0.4, -0.2) is 54.1 Å². The molecule has 1 aliphatic carbocycles. The van der Waals surface area contributed by atoms with Gasteiger partial charge in [-0.3, -0.25) is 0 Å². The number of hydrogen-bond donors (Lipinski definition) is 3. The molecule has 1 saturated carbocycles. The standard InChI is InChI=1S/C30H38FN6O3P/c1-19-13-20(11-12-24(19)37-17-30(18-37)14-21(15-30)34-28(38)40-29(2,3)4)33-27-32-16-22(31)26(36-27)35-23-9-7-8-10-25(23)41(5,6)39/h7-13,16,21H,14-15,17-18H2,1-6H3,(H,34,38)(H2,32,33,35,36). The van der Waals surface area contributed by atoms with Gasteiger partial charge in [-0.25, -0.2) is 14.2 Å². The summed E-state index contributed by atoms with van der Waals surface area (Å²) in [5.74, 6) is -0.358. The lowest BCUT2D eigenvalue weighted by atomic mass is 9.60. The summed E-state index contributed by atoms with van der Waals surface area (Å²) in [7, 11) is -2.58. The molecule has 2 heterocycles. The number of halogens is 1. The first-order valence-electron chi connectivity index (χ1n) is 13.8. The number of nitrogens with zero attached hydrogens (tertiary/aromatic N) is 3. The van der Waals surface area contributed by atoms with Gasteiger partial charge in [0.25, 0.3) is 0 Å². The Hall–Kier alpha value is -3.65. The number of carbonyl (C=O) groups is 1. The number of amides is 1. The number of anilines is 5. The zero-order valence-electron chi connectivity index (χ0n) is 24.4. The monoisotopic (exact) mass is 580 g/mol. The number of hydrogen-bond acceptors (Lipinski definition) is 8. The number of benzene rings is 2. The van der Waals surface area contributed by atoms with Crippen LogP contribution >= 0.6 is 7.14 Å². The average Bonchev–Trinajstić information content (AvgIpc) is 2.81. The molecule has 11 heteroatoms. The zero-order valence-corrected chi connectivity index (χ0v) is 25.3. The summed E-state index contributed by atoms with van der Waals surface area (Å²) in [6.45, 7) is 12.9. The first-order valence-corrected chi connectivity index (χ1v) is 16.4. The molecular formula is C30H38FN6O3P. The molecule has 41 heavy (non-hydrogen) atoms. The molecular weight excluding hydrogens is 542 g/mol. The maximum absolute atomic E-state index is 14.6. The average molecular weight is 581 g/mol. The molecule has 1 aliphatic heterocycles. The molecule has 3 aromatic rings. The minimum Gasteiger partial charge on any atom is -0.444 e. The van der Waals surface area contributed by atoms with Gasteiger partial charge >= 0.3 is 6.09 Å². The van der Waals surface area contributed by atoms with Gasteiger partial charge < -0.3 is 30.2 Å². The summed E-state index contributed by atoms with van der Waals surface area (Å²) in [5, 5.41) is 9.77. The Bertz CT molecular complexity index is 1500. The van der Waals surface area contributed by atoms with Crippen molar-refractivity contribution in [2.75, 3.05) is 42.0 Å². The van der Waals surface area contributed by atoms with Crippen LogP contribution in [0.2, 0.25) is 0 Å². The highest BCUT2D eigenvalue weighted by Gasteiger charge is 2.53. The Labute approximate surface area is 240 Å². The van der Waals surface area contributed by atoms with Crippen molar-refractivity contribution in [2.24, 2.45) is 5.41 Å². The molecule has 9 nitrogen and oxygen atoms in total. The van der Waals surface area contributed by atoms with Crippen LogP contribution < -0.4 is 26.2 Å². The lowest BCUT2D eigenvalue weighted by Gasteiger charge is -2.60. The minimum atomic E-state index is -2.58. The van der Waals surface area contributed by atoms with Gasteiger partial charge in [0.15, 0.2) is 11.6 Å². The fourth-order valence-electron chi connectivity index (χ4n) is 5.66. The van der Waals surface area contributed by atoms with Gasteiger partial charge in [0.2, 0.25) is 5.95 Å². The van der Waals surface area contributed by atoms with E-state index in [4.69, 9.17) is 4.74 Å². The Morgan fingerprint density at radius 2 is 1.83 bits per heavy atom. The normalized spacial score (nSPS) is 16.5. The third kappa shape index (κ3) is 6.64. The third-order valence-electron chi connectivity index (χ3n) is 7.41. The van der Waals surface area contributed by atoms with Gasteiger partial charge in [0, 0.05) is 41.2 Å². The van der Waals surface area contributed by atoms with Crippen LogP contribution in [-0.2, 0) is 9.30 Å². The Morgan fingerprint density at radius 3 is 2.49 bits per heavy atom. The van der Waals surface area contributed by atoms with E-state index in [0.29, 0.717) is 11.0 Å². The summed E-state index contributed by atoms with van der Waals surface area (Å²) >= 11 is 0. The van der Waals surface area contributed by atoms with Crippen LogP contribution in [0.5, 0.6) is 0 Å². The SMILES string of the molecule is Cc1cc(Nc2ncc(F)c(Nc3ccccc3P(C)(C)=O)n2)ccc1N1CC2(CC(NC(=O)OC(C)(C)C)C2)C1. The van der Waals surface area contributed by atoms with E-state index < -0.39 is 18.6 Å². The van der Waals surface area contributed by atoms with E-state index in [1.54, 1.807) is 31.5 Å². The molecule has 3 N–H and O–H groups in total. The summed E-state index contributed by atoms with van der Waals surface area (Å²) in [6, 6.07) is 13.4. The van der Waals surface area contributed by atoms with E-state index in [9.17, 15) is 13.8 Å². The van der Waals surface area contributed by atoms with Gasteiger partial charge in [0.1, 0.15) is 12.7 Å². The van der Waals surface area contributed by atoms with Gasteiger partial charge in [-0.1, -0.05) is 12.1 Å². The number of alkyl carbamates (subject to hydrolysis) is 1. The Balaban J connectivity index is 1.19. The highest BCUT2D eigenvalue weighted by atomic mass is 31.2. The predicted molar refractivity (Wildman–Crippen MR) is 162 cm³/mol. The number of ether oxygens (including phenoxy) is 1. The van der Waals surface area contributed by atoms with E-state index >= 15 is 0 Å². The maximum Gasteiger partial charge on any atom is 0.407 e. The summed E-state index contributed by atoms with van der Waals surface area (Å²) in [5.41, 5.74) is 3.35. The van der Waals surface area contributed by atoms with Crippen LogP contribution in [0, 0.1) is 18.2 Å². The predicted octanol–water partition coefficient (Wildman–Crippen LogP) is 6.15. The minimum absolute atomic E-state index is 0.00239. The fourth-order valence-corrected chi connectivity index (χ4v) is 6.82. The molecule has 0 unspecified atom stereocenters. The zero-order chi connectivity index (χ0) is 29.6. The van der Waals surface area contributed by atoms with Crippen molar-refractivity contribution in [3.63, 3.8) is 0 Å². The largest absolute Gasteiger partial charge is 0.444 e.